The molecule has 0 saturated heterocycles. The predicted molar refractivity (Wildman–Crippen MR) is 55.9 cm³/mol. The van der Waals surface area contributed by atoms with Crippen molar-refractivity contribution in [2.75, 3.05) is 0 Å². The van der Waals surface area contributed by atoms with E-state index in [2.05, 4.69) is 16.2 Å². The lowest BCUT2D eigenvalue weighted by Crippen LogP contribution is -1.93. The van der Waals surface area contributed by atoms with Gasteiger partial charge in [-0.15, -0.1) is 0 Å². The summed E-state index contributed by atoms with van der Waals surface area (Å²) in [4.78, 5) is 4.33. The maximum Gasteiger partial charge on any atom is 0.111 e. The summed E-state index contributed by atoms with van der Waals surface area (Å²) in [7, 11) is 1.86. The predicted octanol–water partition coefficient (Wildman–Crippen LogP) is 1.66. The largest absolute Gasteiger partial charge is 0.275 e. The average Bonchev–Trinajstić information content (AvgIpc) is 2.65. The Bertz CT molecular complexity index is 534. The molecule has 0 aliphatic rings. The quantitative estimate of drug-likeness (QED) is 0.700. The molecule has 0 N–H and O–H groups in total. The second kappa shape index (κ2) is 3.54. The fourth-order valence-corrected chi connectivity index (χ4v) is 1.37. The molecule has 4 heteroatoms. The molecule has 4 nitrogen and oxygen atoms in total. The Morgan fingerprint density at radius 2 is 2.07 bits per heavy atom. The van der Waals surface area contributed by atoms with Crippen LogP contribution in [0.25, 0.3) is 11.4 Å². The van der Waals surface area contributed by atoms with Crippen LogP contribution in [0.2, 0.25) is 0 Å². The average molecular weight is 198 g/mol. The number of aromatic nitrogens is 3. The van der Waals surface area contributed by atoms with Crippen molar-refractivity contribution in [3.8, 4) is 17.5 Å². The van der Waals surface area contributed by atoms with E-state index in [1.807, 2.05) is 32.3 Å². The molecule has 0 aliphatic heterocycles. The van der Waals surface area contributed by atoms with Crippen molar-refractivity contribution < 1.29 is 0 Å². The van der Waals surface area contributed by atoms with Crippen molar-refractivity contribution in [1.82, 2.24) is 14.8 Å². The normalized spacial score (nSPS) is 9.93. The van der Waals surface area contributed by atoms with Crippen molar-refractivity contribution in [2.24, 2.45) is 7.05 Å². The third-order valence-electron chi connectivity index (χ3n) is 2.18. The van der Waals surface area contributed by atoms with Crippen molar-refractivity contribution >= 4 is 0 Å². The molecule has 2 aromatic rings. The van der Waals surface area contributed by atoms with E-state index in [1.54, 1.807) is 10.7 Å². The first-order valence-electron chi connectivity index (χ1n) is 4.58. The molecule has 0 unspecified atom stereocenters. The zero-order chi connectivity index (χ0) is 10.8. The van der Waals surface area contributed by atoms with Gasteiger partial charge in [0.05, 0.1) is 17.0 Å². The lowest BCUT2D eigenvalue weighted by Gasteiger charge is -1.99. The van der Waals surface area contributed by atoms with Gasteiger partial charge in [-0.1, -0.05) is 0 Å². The maximum atomic E-state index is 8.77. The van der Waals surface area contributed by atoms with E-state index in [0.29, 0.717) is 5.56 Å². The van der Waals surface area contributed by atoms with Gasteiger partial charge in [0.15, 0.2) is 0 Å². The molecule has 0 aliphatic carbocycles. The van der Waals surface area contributed by atoms with Crippen LogP contribution in [0.15, 0.2) is 24.4 Å². The molecular weight excluding hydrogens is 188 g/mol. The Hall–Kier alpha value is -2.15. The Kier molecular flexibility index (Phi) is 2.22. The lowest BCUT2D eigenvalue weighted by atomic mass is 10.2. The number of hydrogen-bond acceptors (Lipinski definition) is 3. The minimum absolute atomic E-state index is 0.606. The summed E-state index contributed by atoms with van der Waals surface area (Å²) in [6, 6.07) is 7.57. The maximum absolute atomic E-state index is 8.77. The molecule has 0 radical (unpaired) electrons. The molecule has 2 heterocycles. The van der Waals surface area contributed by atoms with E-state index in [9.17, 15) is 0 Å². The SMILES string of the molecule is Cc1nc(-c2ccn(C)n2)ccc1C#N. The van der Waals surface area contributed by atoms with Crippen LogP contribution >= 0.6 is 0 Å². The highest BCUT2D eigenvalue weighted by atomic mass is 15.2. The first-order valence-corrected chi connectivity index (χ1v) is 4.58. The molecule has 0 fully saturated rings. The highest BCUT2D eigenvalue weighted by Crippen LogP contribution is 2.15. The molecule has 0 bridgehead atoms. The second-order valence-electron chi connectivity index (χ2n) is 3.32. The van der Waals surface area contributed by atoms with Gasteiger partial charge < -0.3 is 0 Å². The van der Waals surface area contributed by atoms with Gasteiger partial charge in [-0.2, -0.15) is 10.4 Å². The van der Waals surface area contributed by atoms with Crippen molar-refractivity contribution in [3.63, 3.8) is 0 Å². The Balaban J connectivity index is 2.48. The molecule has 2 aromatic heterocycles. The molecule has 0 aromatic carbocycles. The summed E-state index contributed by atoms with van der Waals surface area (Å²) in [6.07, 6.45) is 1.87. The molecular formula is C11H10N4. The fourth-order valence-electron chi connectivity index (χ4n) is 1.37. The third kappa shape index (κ3) is 1.72. The highest BCUT2D eigenvalue weighted by molar-refractivity contribution is 5.55. The summed E-state index contributed by atoms with van der Waals surface area (Å²) in [5.74, 6) is 0. The van der Waals surface area contributed by atoms with Crippen LogP contribution in [0, 0.1) is 18.3 Å². The fraction of sp³-hybridized carbons (Fsp3) is 0.182. The van der Waals surface area contributed by atoms with Crippen LogP contribution < -0.4 is 0 Å². The highest BCUT2D eigenvalue weighted by Gasteiger charge is 2.05. The number of aryl methyl sites for hydroxylation is 2. The smallest absolute Gasteiger partial charge is 0.111 e. The van der Waals surface area contributed by atoms with Crippen molar-refractivity contribution in [1.29, 1.82) is 5.26 Å². The van der Waals surface area contributed by atoms with E-state index in [1.165, 1.54) is 0 Å². The first-order chi connectivity index (χ1) is 7.20. The Labute approximate surface area is 87.8 Å². The molecule has 0 atom stereocenters. The molecule has 74 valence electrons. The van der Waals surface area contributed by atoms with Gasteiger partial charge in [-0.3, -0.25) is 9.67 Å². The lowest BCUT2D eigenvalue weighted by molar-refractivity contribution is 0.770. The summed E-state index contributed by atoms with van der Waals surface area (Å²) >= 11 is 0. The van der Waals surface area contributed by atoms with E-state index in [-0.39, 0.29) is 0 Å². The Morgan fingerprint density at radius 3 is 2.60 bits per heavy atom. The van der Waals surface area contributed by atoms with Crippen LogP contribution in [0.3, 0.4) is 0 Å². The van der Waals surface area contributed by atoms with Crippen LogP contribution in [-0.2, 0) is 7.05 Å². The number of rotatable bonds is 1. The summed E-state index contributed by atoms with van der Waals surface area (Å²) < 4.78 is 1.73. The molecule has 2 rings (SSSR count). The van der Waals surface area contributed by atoms with Gasteiger partial charge in [-0.05, 0) is 25.1 Å². The molecule has 0 saturated carbocycles. The van der Waals surface area contributed by atoms with Crippen LogP contribution in [-0.4, -0.2) is 14.8 Å². The summed E-state index contributed by atoms with van der Waals surface area (Å²) in [5.41, 5.74) is 2.97. The third-order valence-corrected chi connectivity index (χ3v) is 2.18. The second-order valence-corrected chi connectivity index (χ2v) is 3.32. The number of nitriles is 1. The van der Waals surface area contributed by atoms with Crippen LogP contribution in [0.5, 0.6) is 0 Å². The zero-order valence-electron chi connectivity index (χ0n) is 8.60. The summed E-state index contributed by atoms with van der Waals surface area (Å²) in [6.45, 7) is 1.82. The van der Waals surface area contributed by atoms with Gasteiger partial charge in [0.25, 0.3) is 0 Å². The van der Waals surface area contributed by atoms with E-state index < -0.39 is 0 Å². The van der Waals surface area contributed by atoms with Crippen molar-refractivity contribution in [3.05, 3.63) is 35.7 Å². The molecule has 0 spiro atoms. The topological polar surface area (TPSA) is 54.5 Å². The van der Waals surface area contributed by atoms with E-state index >= 15 is 0 Å². The van der Waals surface area contributed by atoms with Crippen molar-refractivity contribution in [2.45, 2.75) is 6.92 Å². The minimum atomic E-state index is 0.606. The zero-order valence-corrected chi connectivity index (χ0v) is 8.60. The molecule has 15 heavy (non-hydrogen) atoms. The van der Waals surface area contributed by atoms with Gasteiger partial charge in [0, 0.05) is 13.2 Å². The van der Waals surface area contributed by atoms with Gasteiger partial charge in [0.2, 0.25) is 0 Å². The van der Waals surface area contributed by atoms with E-state index in [4.69, 9.17) is 5.26 Å². The van der Waals surface area contributed by atoms with Crippen LogP contribution in [0.1, 0.15) is 11.3 Å². The first kappa shape index (κ1) is 9.41. The van der Waals surface area contributed by atoms with Gasteiger partial charge >= 0.3 is 0 Å². The minimum Gasteiger partial charge on any atom is -0.275 e. The van der Waals surface area contributed by atoms with Gasteiger partial charge in [-0.25, -0.2) is 0 Å². The van der Waals surface area contributed by atoms with Gasteiger partial charge in [0.1, 0.15) is 11.8 Å². The monoisotopic (exact) mass is 198 g/mol. The number of hydrogen-bond donors (Lipinski definition) is 0. The number of pyridine rings is 1. The van der Waals surface area contributed by atoms with Crippen LogP contribution in [0.4, 0.5) is 0 Å². The molecule has 0 amide bonds. The standard InChI is InChI=1S/C11H10N4/c1-8-9(7-12)3-4-10(13-8)11-5-6-15(2)14-11/h3-6H,1-2H3. The van der Waals surface area contributed by atoms with E-state index in [0.717, 1.165) is 17.1 Å². The summed E-state index contributed by atoms with van der Waals surface area (Å²) in [5, 5.41) is 13.0. The Morgan fingerprint density at radius 1 is 1.27 bits per heavy atom. The number of nitrogens with zero attached hydrogens (tertiary/aromatic N) is 4.